The predicted octanol–water partition coefficient (Wildman–Crippen LogP) is 3.63. The van der Waals surface area contributed by atoms with Crippen LogP contribution < -0.4 is 10.6 Å². The molecule has 0 unspecified atom stereocenters. The highest BCUT2D eigenvalue weighted by atomic mass is 35.5. The van der Waals surface area contributed by atoms with Crippen LogP contribution in [0.15, 0.2) is 54.6 Å². The lowest BCUT2D eigenvalue weighted by atomic mass is 9.95. The number of nitrogens with one attached hydrogen (secondary N) is 1. The summed E-state index contributed by atoms with van der Waals surface area (Å²) in [6, 6.07) is 17.6. The Morgan fingerprint density at radius 1 is 1.04 bits per heavy atom. The zero-order valence-electron chi connectivity index (χ0n) is 13.8. The van der Waals surface area contributed by atoms with Crippen molar-refractivity contribution in [1.29, 1.82) is 0 Å². The maximum atomic E-state index is 12.4. The van der Waals surface area contributed by atoms with Gasteiger partial charge >= 0.3 is 0 Å². The second kappa shape index (κ2) is 8.14. The van der Waals surface area contributed by atoms with E-state index in [1.54, 1.807) is 12.1 Å². The number of halogens is 1. The number of nitrogens with two attached hydrogens (primary N) is 1. The number of benzene rings is 2. The molecule has 1 amide bonds. The van der Waals surface area contributed by atoms with E-state index < -0.39 is 0 Å². The number of rotatable bonds is 6. The summed E-state index contributed by atoms with van der Waals surface area (Å²) < 4.78 is 0. The molecule has 0 saturated carbocycles. The minimum absolute atomic E-state index is 0.0196. The van der Waals surface area contributed by atoms with Crippen molar-refractivity contribution in [3.05, 3.63) is 65.2 Å². The lowest BCUT2D eigenvalue weighted by molar-refractivity contribution is -0.718. The molecule has 2 rings (SSSR count). The number of hydrogen-bond donors (Lipinski definition) is 2. The number of carbonyl (C=O) groups is 1. The Morgan fingerprint density at radius 2 is 1.74 bits per heavy atom. The van der Waals surface area contributed by atoms with Gasteiger partial charge in [0.25, 0.3) is 5.91 Å². The van der Waals surface area contributed by atoms with Gasteiger partial charge in [0, 0.05) is 22.2 Å². The van der Waals surface area contributed by atoms with E-state index in [1.807, 2.05) is 37.3 Å². The van der Waals surface area contributed by atoms with E-state index in [4.69, 9.17) is 11.6 Å². The summed E-state index contributed by atoms with van der Waals surface area (Å²) >= 11 is 5.95. The van der Waals surface area contributed by atoms with Crippen LogP contribution in [0.5, 0.6) is 0 Å². The van der Waals surface area contributed by atoms with E-state index in [0.29, 0.717) is 10.9 Å². The van der Waals surface area contributed by atoms with Crippen molar-refractivity contribution < 1.29 is 10.1 Å². The van der Waals surface area contributed by atoms with Crippen LogP contribution in [-0.2, 0) is 4.79 Å². The lowest BCUT2D eigenvalue weighted by Crippen LogP contribution is -2.93. The topological polar surface area (TPSA) is 45.7 Å². The van der Waals surface area contributed by atoms with E-state index >= 15 is 0 Å². The van der Waals surface area contributed by atoms with Crippen LogP contribution in [-0.4, -0.2) is 11.9 Å². The van der Waals surface area contributed by atoms with Crippen molar-refractivity contribution in [3.8, 4) is 0 Å². The number of carbonyl (C=O) groups excluding carboxylic acids is 1. The number of quaternary nitrogens is 1. The summed E-state index contributed by atoms with van der Waals surface area (Å²) in [7, 11) is 0. The fourth-order valence-corrected chi connectivity index (χ4v) is 2.80. The zero-order valence-corrected chi connectivity index (χ0v) is 14.5. The van der Waals surface area contributed by atoms with Crippen LogP contribution in [0.1, 0.15) is 32.4 Å². The van der Waals surface area contributed by atoms with E-state index in [2.05, 4.69) is 36.6 Å². The zero-order chi connectivity index (χ0) is 16.8. The first-order valence-corrected chi connectivity index (χ1v) is 8.31. The van der Waals surface area contributed by atoms with Gasteiger partial charge in [-0.15, -0.1) is 0 Å². The molecule has 0 fully saturated rings. The molecule has 0 bridgehead atoms. The summed E-state index contributed by atoms with van der Waals surface area (Å²) in [6.45, 7) is 6.28. The van der Waals surface area contributed by atoms with Crippen LogP contribution in [0.2, 0.25) is 5.02 Å². The maximum absolute atomic E-state index is 12.4. The van der Waals surface area contributed by atoms with Gasteiger partial charge in [-0.05, 0) is 25.1 Å². The Balaban J connectivity index is 2.03. The van der Waals surface area contributed by atoms with Gasteiger partial charge in [0.05, 0.1) is 0 Å². The average Bonchev–Trinajstić information content (AvgIpc) is 2.52. The van der Waals surface area contributed by atoms with Crippen molar-refractivity contribution in [1.82, 2.24) is 0 Å². The third-order valence-electron chi connectivity index (χ3n) is 3.90. The molecule has 3 N–H and O–H groups in total. The third-order valence-corrected chi connectivity index (χ3v) is 4.14. The molecule has 23 heavy (non-hydrogen) atoms. The lowest BCUT2D eigenvalue weighted by Gasteiger charge is -2.23. The highest BCUT2D eigenvalue weighted by molar-refractivity contribution is 6.30. The van der Waals surface area contributed by atoms with Crippen LogP contribution in [0.4, 0.5) is 5.69 Å². The first-order chi connectivity index (χ1) is 11.0. The third kappa shape index (κ3) is 5.08. The quantitative estimate of drug-likeness (QED) is 0.834. The van der Waals surface area contributed by atoms with Gasteiger partial charge in [0.1, 0.15) is 6.04 Å². The highest BCUT2D eigenvalue weighted by Gasteiger charge is 2.25. The van der Waals surface area contributed by atoms with Crippen molar-refractivity contribution in [2.75, 3.05) is 5.32 Å². The normalized spacial score (nSPS) is 13.6. The highest BCUT2D eigenvalue weighted by Crippen LogP contribution is 2.18. The number of amides is 1. The molecule has 0 saturated heterocycles. The summed E-state index contributed by atoms with van der Waals surface area (Å²) in [5.41, 5.74) is 1.97. The average molecular weight is 332 g/mol. The van der Waals surface area contributed by atoms with Crippen molar-refractivity contribution in [2.24, 2.45) is 5.92 Å². The van der Waals surface area contributed by atoms with Crippen LogP contribution >= 0.6 is 11.6 Å². The largest absolute Gasteiger partial charge is 0.330 e. The van der Waals surface area contributed by atoms with E-state index in [1.165, 1.54) is 5.56 Å². The van der Waals surface area contributed by atoms with Gasteiger partial charge in [-0.3, -0.25) is 4.79 Å². The van der Waals surface area contributed by atoms with E-state index in [-0.39, 0.29) is 18.0 Å². The molecule has 2 aromatic carbocycles. The summed E-state index contributed by atoms with van der Waals surface area (Å²) in [5.74, 6) is 0.410. The SMILES string of the molecule is CC(C)[C@H]([NH2+][C@@H](C)C(=O)Nc1cccc(Cl)c1)c1ccccc1. The molecule has 0 spiro atoms. The maximum Gasteiger partial charge on any atom is 0.282 e. The molecule has 0 aliphatic heterocycles. The van der Waals surface area contributed by atoms with Crippen molar-refractivity contribution >= 4 is 23.2 Å². The monoisotopic (exact) mass is 331 g/mol. The van der Waals surface area contributed by atoms with Gasteiger partial charge in [0.15, 0.2) is 6.04 Å². The smallest absolute Gasteiger partial charge is 0.282 e. The minimum Gasteiger partial charge on any atom is -0.330 e. The molecule has 3 nitrogen and oxygen atoms in total. The molecule has 0 aliphatic carbocycles. The minimum atomic E-state index is -0.193. The molecule has 2 atom stereocenters. The van der Waals surface area contributed by atoms with Crippen LogP contribution in [0.3, 0.4) is 0 Å². The van der Waals surface area contributed by atoms with E-state index in [0.717, 1.165) is 5.69 Å². The first-order valence-electron chi connectivity index (χ1n) is 7.93. The Kier molecular flexibility index (Phi) is 6.20. The van der Waals surface area contributed by atoms with Crippen molar-refractivity contribution in [2.45, 2.75) is 32.9 Å². The summed E-state index contributed by atoms with van der Waals surface area (Å²) in [5, 5.41) is 5.66. The summed E-state index contributed by atoms with van der Waals surface area (Å²) in [4.78, 5) is 12.4. The Labute approximate surface area is 143 Å². The molecule has 0 heterocycles. The molecule has 0 radical (unpaired) electrons. The number of anilines is 1. The first kappa shape index (κ1) is 17.5. The standard InChI is InChI=1S/C19H23ClN2O/c1-13(2)18(15-8-5-4-6-9-15)21-14(3)19(23)22-17-11-7-10-16(20)12-17/h4-14,18,21H,1-3H3,(H,22,23)/p+1/t14-,18-/m0/s1. The Bertz CT molecular complexity index is 643. The molecule has 0 aliphatic rings. The number of hydrogen-bond acceptors (Lipinski definition) is 1. The predicted molar refractivity (Wildman–Crippen MR) is 95.5 cm³/mol. The van der Waals surface area contributed by atoms with Gasteiger partial charge in [0.2, 0.25) is 0 Å². The van der Waals surface area contributed by atoms with Crippen LogP contribution in [0.25, 0.3) is 0 Å². The molecule has 122 valence electrons. The van der Waals surface area contributed by atoms with Gasteiger partial charge in [-0.2, -0.15) is 0 Å². The molecule has 0 aromatic heterocycles. The molecular formula is C19H24ClN2O+. The second-order valence-electron chi connectivity index (χ2n) is 6.16. The molecular weight excluding hydrogens is 308 g/mol. The van der Waals surface area contributed by atoms with Crippen LogP contribution in [0, 0.1) is 5.92 Å². The fourth-order valence-electron chi connectivity index (χ4n) is 2.61. The van der Waals surface area contributed by atoms with Gasteiger partial charge < -0.3 is 10.6 Å². The molecule has 4 heteroatoms. The fraction of sp³-hybridized carbons (Fsp3) is 0.316. The Morgan fingerprint density at radius 3 is 2.35 bits per heavy atom. The second-order valence-corrected chi connectivity index (χ2v) is 6.60. The van der Waals surface area contributed by atoms with Gasteiger partial charge in [-0.1, -0.05) is 61.8 Å². The summed E-state index contributed by atoms with van der Waals surface area (Å²) in [6.07, 6.45) is 0. The Hall–Kier alpha value is -1.84. The van der Waals surface area contributed by atoms with Crippen molar-refractivity contribution in [3.63, 3.8) is 0 Å². The molecule has 2 aromatic rings. The van der Waals surface area contributed by atoms with E-state index in [9.17, 15) is 4.79 Å². The van der Waals surface area contributed by atoms with Gasteiger partial charge in [-0.25, -0.2) is 0 Å².